The number of hydrogen-bond acceptors (Lipinski definition) is 4. The molecular formula is C20H24N2O3. The van der Waals surface area contributed by atoms with E-state index in [0.717, 1.165) is 50.2 Å². The number of benzene rings is 1. The normalized spacial score (nSPS) is 22.2. The summed E-state index contributed by atoms with van der Waals surface area (Å²) in [6, 6.07) is 11.4. The number of para-hydroxylation sites is 1. The molecule has 5 heteroatoms. The van der Waals surface area contributed by atoms with Crippen LogP contribution in [0.4, 0.5) is 0 Å². The van der Waals surface area contributed by atoms with Crippen molar-refractivity contribution < 1.29 is 13.9 Å². The van der Waals surface area contributed by atoms with Gasteiger partial charge in [0.05, 0.1) is 12.3 Å². The lowest BCUT2D eigenvalue weighted by Crippen LogP contribution is -2.52. The number of nitrogens with one attached hydrogen (secondary N) is 1. The number of furan rings is 1. The number of amides is 1. The number of piperidine rings is 1. The van der Waals surface area contributed by atoms with E-state index >= 15 is 0 Å². The molecular weight excluding hydrogens is 316 g/mol. The SMILES string of the molecule is CCN1CCC2(CC1)CC(NC(=O)c1ccco1)c1ccccc1O2. The van der Waals surface area contributed by atoms with E-state index in [1.54, 1.807) is 12.1 Å². The van der Waals surface area contributed by atoms with Crippen LogP contribution in [0.15, 0.2) is 47.1 Å². The molecule has 0 radical (unpaired) electrons. The summed E-state index contributed by atoms with van der Waals surface area (Å²) in [6.45, 7) is 5.35. The Bertz CT molecular complexity index is 733. The van der Waals surface area contributed by atoms with Crippen LogP contribution in [-0.2, 0) is 0 Å². The average molecular weight is 340 g/mol. The van der Waals surface area contributed by atoms with E-state index in [1.807, 2.05) is 24.3 Å². The maximum atomic E-state index is 12.5. The van der Waals surface area contributed by atoms with Gasteiger partial charge in [-0.15, -0.1) is 0 Å². The lowest BCUT2D eigenvalue weighted by Gasteiger charge is -2.46. The number of carbonyl (C=O) groups is 1. The molecule has 0 aliphatic carbocycles. The second-order valence-electron chi connectivity index (χ2n) is 6.96. The van der Waals surface area contributed by atoms with Gasteiger partial charge in [-0.05, 0) is 37.6 Å². The monoisotopic (exact) mass is 340 g/mol. The third kappa shape index (κ3) is 3.16. The Morgan fingerprint density at radius 1 is 1.24 bits per heavy atom. The predicted octanol–water partition coefficient (Wildman–Crippen LogP) is 3.39. The van der Waals surface area contributed by atoms with E-state index in [9.17, 15) is 4.79 Å². The standard InChI is InChI=1S/C20H24N2O3/c1-2-22-11-9-20(10-12-22)14-16(15-6-3-4-7-17(15)25-20)21-19(23)18-8-5-13-24-18/h3-8,13,16H,2,9-12,14H2,1H3,(H,21,23). The van der Waals surface area contributed by atoms with Gasteiger partial charge in [-0.2, -0.15) is 0 Å². The topological polar surface area (TPSA) is 54.7 Å². The van der Waals surface area contributed by atoms with Gasteiger partial charge >= 0.3 is 0 Å². The minimum atomic E-state index is -0.193. The van der Waals surface area contributed by atoms with Crippen molar-refractivity contribution in [2.75, 3.05) is 19.6 Å². The molecule has 1 atom stereocenters. The van der Waals surface area contributed by atoms with Crippen molar-refractivity contribution in [1.82, 2.24) is 10.2 Å². The predicted molar refractivity (Wildman–Crippen MR) is 94.7 cm³/mol. The maximum absolute atomic E-state index is 12.5. The van der Waals surface area contributed by atoms with Crippen LogP contribution in [0.25, 0.3) is 0 Å². The number of hydrogen-bond donors (Lipinski definition) is 1. The Hall–Kier alpha value is -2.27. The number of fused-ring (bicyclic) bond motifs is 1. The van der Waals surface area contributed by atoms with E-state index in [0.29, 0.717) is 5.76 Å². The second-order valence-corrected chi connectivity index (χ2v) is 6.96. The first-order valence-corrected chi connectivity index (χ1v) is 9.04. The summed E-state index contributed by atoms with van der Waals surface area (Å²) < 4.78 is 11.7. The Kier molecular flexibility index (Phi) is 4.25. The van der Waals surface area contributed by atoms with Gasteiger partial charge in [0.15, 0.2) is 5.76 Å². The molecule has 0 bridgehead atoms. The van der Waals surface area contributed by atoms with E-state index < -0.39 is 0 Å². The zero-order chi connectivity index (χ0) is 17.3. The summed E-state index contributed by atoms with van der Waals surface area (Å²) in [5.41, 5.74) is 0.854. The Labute approximate surface area is 148 Å². The van der Waals surface area contributed by atoms with Crippen LogP contribution in [0.3, 0.4) is 0 Å². The molecule has 2 aliphatic heterocycles. The first-order chi connectivity index (χ1) is 12.2. The largest absolute Gasteiger partial charge is 0.487 e. The highest BCUT2D eigenvalue weighted by atomic mass is 16.5. The van der Waals surface area contributed by atoms with Crippen LogP contribution in [0, 0.1) is 0 Å². The lowest BCUT2D eigenvalue weighted by molar-refractivity contribution is -0.0236. The molecule has 1 aromatic carbocycles. The molecule has 1 unspecified atom stereocenters. The minimum absolute atomic E-state index is 0.0595. The van der Waals surface area contributed by atoms with Crippen molar-refractivity contribution in [2.24, 2.45) is 0 Å². The molecule has 2 aliphatic rings. The molecule has 25 heavy (non-hydrogen) atoms. The maximum Gasteiger partial charge on any atom is 0.287 e. The highest BCUT2D eigenvalue weighted by molar-refractivity contribution is 5.91. The van der Waals surface area contributed by atoms with E-state index in [4.69, 9.17) is 9.15 Å². The zero-order valence-corrected chi connectivity index (χ0v) is 14.5. The third-order valence-electron chi connectivity index (χ3n) is 5.46. The highest BCUT2D eigenvalue weighted by Crippen LogP contribution is 2.44. The number of ether oxygens (including phenoxy) is 1. The average Bonchev–Trinajstić information content (AvgIpc) is 3.17. The quantitative estimate of drug-likeness (QED) is 0.930. The second kappa shape index (κ2) is 6.56. The fraction of sp³-hybridized carbons (Fsp3) is 0.450. The first kappa shape index (κ1) is 16.2. The lowest BCUT2D eigenvalue weighted by atomic mass is 9.80. The summed E-state index contributed by atoms with van der Waals surface area (Å²) in [4.78, 5) is 14.9. The van der Waals surface area contributed by atoms with Gasteiger partial charge < -0.3 is 19.4 Å². The molecule has 1 N–H and O–H groups in total. The van der Waals surface area contributed by atoms with Gasteiger partial charge in [-0.3, -0.25) is 4.79 Å². The van der Waals surface area contributed by atoms with Crippen LogP contribution < -0.4 is 10.1 Å². The number of rotatable bonds is 3. The summed E-state index contributed by atoms with van der Waals surface area (Å²) in [6.07, 6.45) is 4.30. The molecule has 1 spiro atoms. The molecule has 2 aromatic rings. The first-order valence-electron chi connectivity index (χ1n) is 9.04. The Morgan fingerprint density at radius 3 is 2.76 bits per heavy atom. The van der Waals surface area contributed by atoms with Crippen molar-refractivity contribution >= 4 is 5.91 Å². The summed E-state index contributed by atoms with van der Waals surface area (Å²) in [7, 11) is 0. The molecule has 3 heterocycles. The van der Waals surface area contributed by atoms with Crippen molar-refractivity contribution in [1.29, 1.82) is 0 Å². The molecule has 1 amide bonds. The van der Waals surface area contributed by atoms with Gasteiger partial charge in [0.1, 0.15) is 11.4 Å². The fourth-order valence-electron chi connectivity index (χ4n) is 3.97. The molecule has 1 fully saturated rings. The van der Waals surface area contributed by atoms with E-state index in [-0.39, 0.29) is 17.6 Å². The van der Waals surface area contributed by atoms with E-state index in [2.05, 4.69) is 17.1 Å². The Balaban J connectivity index is 1.58. The number of carbonyl (C=O) groups excluding carboxylic acids is 1. The van der Waals surface area contributed by atoms with Crippen molar-refractivity contribution in [3.63, 3.8) is 0 Å². The smallest absolute Gasteiger partial charge is 0.287 e. The van der Waals surface area contributed by atoms with Gasteiger partial charge in [-0.1, -0.05) is 25.1 Å². The van der Waals surface area contributed by atoms with Gasteiger partial charge in [0.25, 0.3) is 5.91 Å². The molecule has 1 saturated heterocycles. The molecule has 1 aromatic heterocycles. The van der Waals surface area contributed by atoms with Crippen molar-refractivity contribution in [3.05, 3.63) is 54.0 Å². The van der Waals surface area contributed by atoms with Crippen LogP contribution in [0.2, 0.25) is 0 Å². The molecule has 5 nitrogen and oxygen atoms in total. The fourth-order valence-corrected chi connectivity index (χ4v) is 3.97. The van der Waals surface area contributed by atoms with Crippen LogP contribution in [0.5, 0.6) is 5.75 Å². The Morgan fingerprint density at radius 2 is 2.04 bits per heavy atom. The zero-order valence-electron chi connectivity index (χ0n) is 14.5. The summed E-state index contributed by atoms with van der Waals surface area (Å²) >= 11 is 0. The van der Waals surface area contributed by atoms with Crippen LogP contribution in [0.1, 0.15) is 48.3 Å². The molecule has 0 saturated carbocycles. The van der Waals surface area contributed by atoms with Gasteiger partial charge in [-0.25, -0.2) is 0 Å². The van der Waals surface area contributed by atoms with Gasteiger partial charge in [0, 0.05) is 25.1 Å². The minimum Gasteiger partial charge on any atom is -0.487 e. The molecule has 132 valence electrons. The number of nitrogens with zero attached hydrogens (tertiary/aromatic N) is 1. The third-order valence-corrected chi connectivity index (χ3v) is 5.46. The van der Waals surface area contributed by atoms with Crippen molar-refractivity contribution in [2.45, 2.75) is 37.8 Å². The highest BCUT2D eigenvalue weighted by Gasteiger charge is 2.43. The van der Waals surface area contributed by atoms with Gasteiger partial charge in [0.2, 0.25) is 0 Å². The van der Waals surface area contributed by atoms with Crippen molar-refractivity contribution in [3.8, 4) is 5.75 Å². The van der Waals surface area contributed by atoms with Crippen LogP contribution >= 0.6 is 0 Å². The summed E-state index contributed by atoms with van der Waals surface area (Å²) in [5.74, 6) is 1.06. The van der Waals surface area contributed by atoms with E-state index in [1.165, 1.54) is 6.26 Å². The number of likely N-dealkylation sites (tertiary alicyclic amines) is 1. The summed E-state index contributed by atoms with van der Waals surface area (Å²) in [5, 5.41) is 3.15. The molecule has 4 rings (SSSR count). The van der Waals surface area contributed by atoms with Crippen LogP contribution in [-0.4, -0.2) is 36.0 Å².